The summed E-state index contributed by atoms with van der Waals surface area (Å²) in [7, 11) is 1.54. The first kappa shape index (κ1) is 20.5. The number of hydrogen-bond donors (Lipinski definition) is 3. The molecule has 2 saturated heterocycles. The Morgan fingerprint density at radius 1 is 0.968 bits per heavy atom. The summed E-state index contributed by atoms with van der Waals surface area (Å²) < 4.78 is 11.7. The van der Waals surface area contributed by atoms with Gasteiger partial charge < -0.3 is 25.0 Å². The average molecular weight is 424 g/mol. The fourth-order valence-electron chi connectivity index (χ4n) is 3.85. The quantitative estimate of drug-likeness (QED) is 0.658. The van der Waals surface area contributed by atoms with Crippen molar-refractivity contribution in [3.8, 4) is 11.5 Å². The van der Waals surface area contributed by atoms with E-state index in [0.717, 1.165) is 5.56 Å². The van der Waals surface area contributed by atoms with Gasteiger partial charge in [0.25, 0.3) is 0 Å². The summed E-state index contributed by atoms with van der Waals surface area (Å²) >= 11 is 0. The molecule has 2 heterocycles. The zero-order valence-corrected chi connectivity index (χ0v) is 17.3. The molecule has 0 spiro atoms. The number of nitrogens with one attached hydrogen (secondary N) is 3. The van der Waals surface area contributed by atoms with E-state index in [1.807, 2.05) is 37.3 Å². The lowest BCUT2D eigenvalue weighted by molar-refractivity contribution is -0.130. The number of nitrogens with zero attached hydrogens (tertiary/aromatic N) is 1. The number of rotatable bonds is 6. The fourth-order valence-corrected chi connectivity index (χ4v) is 3.85. The van der Waals surface area contributed by atoms with Gasteiger partial charge in [0.2, 0.25) is 5.91 Å². The second-order valence-electron chi connectivity index (χ2n) is 7.38. The van der Waals surface area contributed by atoms with Crippen LogP contribution in [-0.4, -0.2) is 42.7 Å². The Kier molecular flexibility index (Phi) is 5.66. The van der Waals surface area contributed by atoms with Crippen LogP contribution in [0.25, 0.3) is 0 Å². The van der Waals surface area contributed by atoms with Gasteiger partial charge in [-0.1, -0.05) is 36.4 Å². The van der Waals surface area contributed by atoms with Crippen LogP contribution >= 0.6 is 0 Å². The lowest BCUT2D eigenvalue weighted by Crippen LogP contribution is -2.71. The number of carbonyl (C=O) groups is 3. The van der Waals surface area contributed by atoms with Crippen LogP contribution in [0.4, 0.5) is 9.59 Å². The highest BCUT2D eigenvalue weighted by Gasteiger charge is 2.48. The van der Waals surface area contributed by atoms with E-state index in [0.29, 0.717) is 30.3 Å². The van der Waals surface area contributed by atoms with Gasteiger partial charge in [-0.3, -0.25) is 10.1 Å². The Morgan fingerprint density at radius 2 is 1.74 bits per heavy atom. The minimum absolute atomic E-state index is 0.379. The summed E-state index contributed by atoms with van der Waals surface area (Å²) in [6.45, 7) is 2.67. The first-order chi connectivity index (χ1) is 15.0. The molecule has 9 nitrogen and oxygen atoms in total. The molecule has 31 heavy (non-hydrogen) atoms. The predicted molar refractivity (Wildman–Crippen MR) is 111 cm³/mol. The van der Waals surface area contributed by atoms with Crippen molar-refractivity contribution in [2.24, 2.45) is 5.92 Å². The second-order valence-corrected chi connectivity index (χ2v) is 7.38. The zero-order valence-electron chi connectivity index (χ0n) is 17.3. The normalized spacial score (nSPS) is 22.7. The first-order valence-corrected chi connectivity index (χ1v) is 10.1. The van der Waals surface area contributed by atoms with E-state index in [1.54, 1.807) is 18.2 Å². The minimum Gasteiger partial charge on any atom is -0.490 e. The highest BCUT2D eigenvalue weighted by molar-refractivity contribution is 6.00. The molecule has 2 aromatic rings. The van der Waals surface area contributed by atoms with Crippen LogP contribution in [0.5, 0.6) is 11.5 Å². The molecule has 162 valence electrons. The maximum Gasteiger partial charge on any atom is 0.325 e. The molecule has 5 amide bonds. The molecule has 2 aliphatic rings. The lowest BCUT2D eigenvalue weighted by Gasteiger charge is -2.45. The number of urea groups is 2. The Balaban J connectivity index is 1.62. The van der Waals surface area contributed by atoms with Crippen LogP contribution in [0.15, 0.2) is 48.5 Å². The number of fused-ring (bicyclic) bond motifs is 1. The highest BCUT2D eigenvalue weighted by Crippen LogP contribution is 2.36. The highest BCUT2D eigenvalue weighted by atomic mass is 16.5. The molecule has 0 aromatic heterocycles. The van der Waals surface area contributed by atoms with Crippen molar-refractivity contribution in [1.29, 1.82) is 0 Å². The molecule has 3 unspecified atom stereocenters. The monoisotopic (exact) mass is 424 g/mol. The summed E-state index contributed by atoms with van der Waals surface area (Å²) in [6.07, 6.45) is -0.746. The van der Waals surface area contributed by atoms with Gasteiger partial charge in [-0.05, 0) is 30.2 Å². The lowest BCUT2D eigenvalue weighted by atomic mass is 9.86. The molecule has 9 heteroatoms. The van der Waals surface area contributed by atoms with E-state index in [1.165, 1.54) is 11.9 Å². The topological polar surface area (TPSA) is 109 Å². The summed E-state index contributed by atoms with van der Waals surface area (Å²) in [4.78, 5) is 38.1. The SMILES string of the molecule is CCOc1cc(C2NC(=O)NC3C2C(=O)NC(=O)N3C)ccc1OCc1ccccc1. The van der Waals surface area contributed by atoms with E-state index in [9.17, 15) is 14.4 Å². The van der Waals surface area contributed by atoms with Gasteiger partial charge in [0.05, 0.1) is 12.6 Å². The molecular formula is C22H24N4O5. The van der Waals surface area contributed by atoms with E-state index in [4.69, 9.17) is 9.47 Å². The molecule has 2 fully saturated rings. The number of hydrogen-bond acceptors (Lipinski definition) is 5. The summed E-state index contributed by atoms with van der Waals surface area (Å²) in [6, 6.07) is 13.4. The summed E-state index contributed by atoms with van der Waals surface area (Å²) in [5.41, 5.74) is 1.70. The molecule has 3 atom stereocenters. The van der Waals surface area contributed by atoms with Crippen LogP contribution in [-0.2, 0) is 11.4 Å². The molecule has 3 N–H and O–H groups in total. The van der Waals surface area contributed by atoms with Gasteiger partial charge in [0, 0.05) is 7.05 Å². The summed E-state index contributed by atoms with van der Waals surface area (Å²) in [5.74, 6) is -0.0773. The predicted octanol–water partition coefficient (Wildman–Crippen LogP) is 2.14. The van der Waals surface area contributed by atoms with Gasteiger partial charge >= 0.3 is 12.1 Å². The smallest absolute Gasteiger partial charge is 0.325 e. The Bertz CT molecular complexity index is 997. The van der Waals surface area contributed by atoms with Crippen molar-refractivity contribution in [1.82, 2.24) is 20.9 Å². The maximum absolute atomic E-state index is 12.6. The van der Waals surface area contributed by atoms with Crippen molar-refractivity contribution in [2.75, 3.05) is 13.7 Å². The molecular weight excluding hydrogens is 400 g/mol. The van der Waals surface area contributed by atoms with Crippen LogP contribution < -0.4 is 25.4 Å². The van der Waals surface area contributed by atoms with E-state index >= 15 is 0 Å². The largest absolute Gasteiger partial charge is 0.490 e. The van der Waals surface area contributed by atoms with Crippen molar-refractivity contribution < 1.29 is 23.9 Å². The van der Waals surface area contributed by atoms with Gasteiger partial charge in [-0.25, -0.2) is 9.59 Å². The number of ether oxygens (including phenoxy) is 2. The van der Waals surface area contributed by atoms with Crippen molar-refractivity contribution in [2.45, 2.75) is 25.7 Å². The number of carbonyl (C=O) groups excluding carboxylic acids is 3. The van der Waals surface area contributed by atoms with Gasteiger partial charge in [0.15, 0.2) is 11.5 Å². The average Bonchev–Trinajstić information content (AvgIpc) is 2.77. The van der Waals surface area contributed by atoms with Crippen molar-refractivity contribution in [3.63, 3.8) is 0 Å². The molecule has 0 aliphatic carbocycles. The van der Waals surface area contributed by atoms with Crippen molar-refractivity contribution >= 4 is 18.0 Å². The fraction of sp³-hybridized carbons (Fsp3) is 0.318. The van der Waals surface area contributed by atoms with Crippen molar-refractivity contribution in [3.05, 3.63) is 59.7 Å². The minimum atomic E-state index is -0.746. The standard InChI is InChI=1S/C22H24N4O5/c1-3-30-16-11-14(9-10-15(16)31-12-13-7-5-4-6-8-13)18-17-19(24-21(28)23-18)26(2)22(29)25-20(17)27/h4-11,17-19H,3,12H2,1-2H3,(H2,23,24,28)(H,25,27,29). The Morgan fingerprint density at radius 3 is 2.48 bits per heavy atom. The Labute approximate surface area is 179 Å². The third-order valence-corrected chi connectivity index (χ3v) is 5.40. The molecule has 4 rings (SSSR count). The van der Waals surface area contributed by atoms with Crippen LogP contribution in [0.2, 0.25) is 0 Å². The van der Waals surface area contributed by atoms with Crippen LogP contribution in [0.1, 0.15) is 24.1 Å². The third kappa shape index (κ3) is 4.11. The first-order valence-electron chi connectivity index (χ1n) is 10.1. The van der Waals surface area contributed by atoms with Crippen LogP contribution in [0.3, 0.4) is 0 Å². The zero-order chi connectivity index (χ0) is 22.0. The number of amides is 5. The van der Waals surface area contributed by atoms with Crippen LogP contribution in [0, 0.1) is 5.92 Å². The van der Waals surface area contributed by atoms with Gasteiger partial charge in [-0.2, -0.15) is 0 Å². The molecule has 2 aliphatic heterocycles. The van der Waals surface area contributed by atoms with Gasteiger partial charge in [-0.15, -0.1) is 0 Å². The Hall–Kier alpha value is -3.75. The van der Waals surface area contributed by atoms with E-state index in [-0.39, 0.29) is 0 Å². The molecule has 0 radical (unpaired) electrons. The summed E-state index contributed by atoms with van der Waals surface area (Å²) in [5, 5.41) is 7.79. The molecule has 0 saturated carbocycles. The third-order valence-electron chi connectivity index (χ3n) is 5.40. The number of benzene rings is 2. The molecule has 0 bridgehead atoms. The van der Waals surface area contributed by atoms with E-state index < -0.39 is 36.1 Å². The number of imide groups is 1. The van der Waals surface area contributed by atoms with E-state index in [2.05, 4.69) is 16.0 Å². The van der Waals surface area contributed by atoms with Gasteiger partial charge in [0.1, 0.15) is 18.7 Å². The molecule has 2 aromatic carbocycles. The second kappa shape index (κ2) is 8.55. The maximum atomic E-state index is 12.6.